The van der Waals surface area contributed by atoms with E-state index in [1.807, 2.05) is 19.1 Å². The molecule has 0 N–H and O–H groups in total. The van der Waals surface area contributed by atoms with E-state index >= 15 is 0 Å². The van der Waals surface area contributed by atoms with E-state index in [-0.39, 0.29) is 0 Å². The number of thiophene rings is 1. The number of hydrogen-bond donors (Lipinski definition) is 0. The van der Waals surface area contributed by atoms with E-state index in [1.165, 1.54) is 16.2 Å². The van der Waals surface area contributed by atoms with Gasteiger partial charge in [0.1, 0.15) is 0 Å². The molecule has 2 heteroatoms. The van der Waals surface area contributed by atoms with E-state index in [2.05, 4.69) is 4.85 Å². The van der Waals surface area contributed by atoms with Crippen LogP contribution in [0.25, 0.3) is 4.85 Å². The van der Waals surface area contributed by atoms with Gasteiger partial charge in [-0.2, -0.15) is 11.3 Å². The monoisotopic (exact) mass is 123 g/mol. The Morgan fingerprint density at radius 1 is 1.62 bits per heavy atom. The molecule has 1 heterocycles. The van der Waals surface area contributed by atoms with Crippen LogP contribution in [-0.2, 0) is 0 Å². The first-order chi connectivity index (χ1) is 3.83. The van der Waals surface area contributed by atoms with E-state index in [0.29, 0.717) is 0 Å². The van der Waals surface area contributed by atoms with Crippen LogP contribution in [0.4, 0.5) is 5.00 Å². The molecule has 8 heavy (non-hydrogen) atoms. The minimum absolute atomic E-state index is 0.780. The highest BCUT2D eigenvalue weighted by Crippen LogP contribution is 2.22. The van der Waals surface area contributed by atoms with Crippen molar-refractivity contribution in [2.75, 3.05) is 0 Å². The highest BCUT2D eigenvalue weighted by atomic mass is 32.1. The third kappa shape index (κ3) is 0.877. The molecule has 0 atom stereocenters. The van der Waals surface area contributed by atoms with Gasteiger partial charge < -0.3 is 0 Å². The highest BCUT2D eigenvalue weighted by molar-refractivity contribution is 7.16. The first kappa shape index (κ1) is 5.33. The Morgan fingerprint density at radius 2 is 2.38 bits per heavy atom. The van der Waals surface area contributed by atoms with Gasteiger partial charge in [0.15, 0.2) is 0 Å². The molecule has 0 spiro atoms. The first-order valence-electron chi connectivity index (χ1n) is 2.27. The molecule has 0 unspecified atom stereocenters. The molecule has 0 aliphatic rings. The molecule has 0 bridgehead atoms. The average molecular weight is 123 g/mol. The van der Waals surface area contributed by atoms with E-state index in [4.69, 9.17) is 6.57 Å². The van der Waals surface area contributed by atoms with Crippen LogP contribution in [-0.4, -0.2) is 0 Å². The Morgan fingerprint density at radius 3 is 2.62 bits per heavy atom. The van der Waals surface area contributed by atoms with E-state index < -0.39 is 0 Å². The van der Waals surface area contributed by atoms with Crippen molar-refractivity contribution in [2.45, 2.75) is 6.92 Å². The lowest BCUT2D eigenvalue weighted by Gasteiger charge is -1.71. The van der Waals surface area contributed by atoms with Crippen molar-refractivity contribution >= 4 is 16.3 Å². The second-order valence-electron chi connectivity index (χ2n) is 1.50. The zero-order valence-electron chi connectivity index (χ0n) is 4.51. The van der Waals surface area contributed by atoms with Crippen molar-refractivity contribution in [3.63, 3.8) is 0 Å². The summed E-state index contributed by atoms with van der Waals surface area (Å²) in [5.41, 5.74) is 0. The van der Waals surface area contributed by atoms with Crippen LogP contribution in [0.15, 0.2) is 12.1 Å². The quantitative estimate of drug-likeness (QED) is 0.467. The summed E-state index contributed by atoms with van der Waals surface area (Å²) in [5.74, 6) is 0. The zero-order valence-corrected chi connectivity index (χ0v) is 5.33. The van der Waals surface area contributed by atoms with Gasteiger partial charge in [0.05, 0.1) is 6.57 Å². The molecular formula is C6H5NS. The third-order valence-electron chi connectivity index (χ3n) is 0.836. The summed E-state index contributed by atoms with van der Waals surface area (Å²) >= 11 is 1.53. The molecule has 1 aromatic rings. The van der Waals surface area contributed by atoms with E-state index in [1.54, 1.807) is 0 Å². The van der Waals surface area contributed by atoms with Crippen molar-refractivity contribution in [3.05, 3.63) is 28.4 Å². The van der Waals surface area contributed by atoms with Crippen molar-refractivity contribution in [1.82, 2.24) is 0 Å². The predicted octanol–water partition coefficient (Wildman–Crippen LogP) is 2.61. The fraction of sp³-hybridized carbons (Fsp3) is 0.167. The molecule has 0 aliphatic carbocycles. The van der Waals surface area contributed by atoms with E-state index in [9.17, 15) is 0 Å². The summed E-state index contributed by atoms with van der Waals surface area (Å²) in [4.78, 5) is 4.46. The lowest BCUT2D eigenvalue weighted by molar-refractivity contribution is 1.64. The maximum atomic E-state index is 6.59. The van der Waals surface area contributed by atoms with Crippen molar-refractivity contribution in [3.8, 4) is 0 Å². The van der Waals surface area contributed by atoms with Crippen LogP contribution >= 0.6 is 11.3 Å². The van der Waals surface area contributed by atoms with Crippen molar-refractivity contribution in [2.24, 2.45) is 0 Å². The second-order valence-corrected chi connectivity index (χ2v) is 2.76. The second kappa shape index (κ2) is 1.97. The van der Waals surface area contributed by atoms with Crippen LogP contribution in [0, 0.1) is 13.5 Å². The van der Waals surface area contributed by atoms with Crippen molar-refractivity contribution < 1.29 is 0 Å². The summed E-state index contributed by atoms with van der Waals surface area (Å²) in [7, 11) is 0. The summed E-state index contributed by atoms with van der Waals surface area (Å²) in [6, 6.07) is 3.80. The van der Waals surface area contributed by atoms with Crippen molar-refractivity contribution in [1.29, 1.82) is 0 Å². The fourth-order valence-corrected chi connectivity index (χ4v) is 1.13. The number of aryl methyl sites for hydroxylation is 1. The summed E-state index contributed by atoms with van der Waals surface area (Å²) in [5, 5.41) is 0.780. The van der Waals surface area contributed by atoms with Crippen LogP contribution in [0.1, 0.15) is 4.88 Å². The van der Waals surface area contributed by atoms with Gasteiger partial charge in [-0.05, 0) is 17.9 Å². The van der Waals surface area contributed by atoms with Crippen LogP contribution in [0.2, 0.25) is 0 Å². The lowest BCUT2D eigenvalue weighted by Crippen LogP contribution is -1.43. The molecule has 40 valence electrons. The first-order valence-corrected chi connectivity index (χ1v) is 3.08. The van der Waals surface area contributed by atoms with Gasteiger partial charge in [-0.1, -0.05) is 6.07 Å². The standard InChI is InChI=1S/C6H5NS/c1-5-3-4-6(7-2)8-5/h3-4H,1H3. The van der Waals surface area contributed by atoms with Crippen LogP contribution < -0.4 is 0 Å². The highest BCUT2D eigenvalue weighted by Gasteiger charge is 1.89. The Bertz CT molecular complexity index is 219. The molecular weight excluding hydrogens is 118 g/mol. The van der Waals surface area contributed by atoms with Crippen LogP contribution in [0.3, 0.4) is 0 Å². The Labute approximate surface area is 52.4 Å². The smallest absolute Gasteiger partial charge is 0.227 e. The summed E-state index contributed by atoms with van der Waals surface area (Å²) in [6.07, 6.45) is 0. The minimum Gasteiger partial charge on any atom is -0.227 e. The molecule has 0 aromatic carbocycles. The fourth-order valence-electron chi connectivity index (χ4n) is 0.482. The van der Waals surface area contributed by atoms with Gasteiger partial charge in [-0.3, -0.25) is 0 Å². The number of hydrogen-bond acceptors (Lipinski definition) is 1. The SMILES string of the molecule is [C-]#[N+]c1ccc(C)s1. The Balaban J connectivity index is 3.05. The van der Waals surface area contributed by atoms with Gasteiger partial charge in [-0.15, -0.1) is 0 Å². The van der Waals surface area contributed by atoms with Gasteiger partial charge in [0, 0.05) is 0 Å². The average Bonchev–Trinajstić information content (AvgIpc) is 2.14. The molecule has 0 saturated carbocycles. The molecule has 1 nitrogen and oxygen atoms in total. The molecule has 0 saturated heterocycles. The van der Waals surface area contributed by atoms with Crippen LogP contribution in [0.5, 0.6) is 0 Å². The minimum atomic E-state index is 0.780. The molecule has 1 aromatic heterocycles. The van der Waals surface area contributed by atoms with Gasteiger partial charge >= 0.3 is 0 Å². The molecule has 0 radical (unpaired) electrons. The molecule has 1 rings (SSSR count). The summed E-state index contributed by atoms with van der Waals surface area (Å²) in [6.45, 7) is 8.59. The maximum Gasteiger partial charge on any atom is 0.241 e. The van der Waals surface area contributed by atoms with Gasteiger partial charge in [0.2, 0.25) is 5.00 Å². The molecule has 0 amide bonds. The van der Waals surface area contributed by atoms with Gasteiger partial charge in [-0.25, -0.2) is 4.85 Å². The Hall–Kier alpha value is -0.810. The largest absolute Gasteiger partial charge is 0.241 e. The zero-order chi connectivity index (χ0) is 5.98. The third-order valence-corrected chi connectivity index (χ3v) is 1.73. The normalized spacial score (nSPS) is 8.50. The number of rotatable bonds is 0. The maximum absolute atomic E-state index is 6.59. The van der Waals surface area contributed by atoms with E-state index in [0.717, 1.165) is 5.00 Å². The van der Waals surface area contributed by atoms with Gasteiger partial charge in [0.25, 0.3) is 0 Å². The lowest BCUT2D eigenvalue weighted by atomic mass is 10.5. The topological polar surface area (TPSA) is 4.36 Å². The molecule has 0 fully saturated rings. The Kier molecular flexibility index (Phi) is 1.32. The predicted molar refractivity (Wildman–Crippen MR) is 35.3 cm³/mol. The summed E-state index contributed by atoms with van der Waals surface area (Å²) < 4.78 is 0. The molecule has 0 aliphatic heterocycles. The number of nitrogens with zero attached hydrogens (tertiary/aromatic N) is 1.